The molecular weight excluding hydrogens is 370 g/mol. The summed E-state index contributed by atoms with van der Waals surface area (Å²) in [6, 6.07) is 15.6. The van der Waals surface area contributed by atoms with Crippen LogP contribution in [-0.2, 0) is 14.3 Å². The molecule has 0 aliphatic rings. The van der Waals surface area contributed by atoms with E-state index in [1.165, 1.54) is 19.3 Å². The second-order valence-corrected chi connectivity index (χ2v) is 5.91. The molecule has 0 unspecified atom stereocenters. The van der Waals surface area contributed by atoms with Crippen LogP contribution in [0.25, 0.3) is 12.2 Å². The van der Waals surface area contributed by atoms with E-state index in [2.05, 4.69) is 4.74 Å². The molecular formula is C23H21NO5. The number of ether oxygens (including phenoxy) is 3. The summed E-state index contributed by atoms with van der Waals surface area (Å²) < 4.78 is 15.3. The van der Waals surface area contributed by atoms with Crippen LogP contribution in [0.5, 0.6) is 11.5 Å². The van der Waals surface area contributed by atoms with Gasteiger partial charge in [0.2, 0.25) is 0 Å². The number of methoxy groups -OCH3 is 1. The van der Waals surface area contributed by atoms with Crippen LogP contribution in [0.3, 0.4) is 0 Å². The highest BCUT2D eigenvalue weighted by Gasteiger charge is 2.09. The maximum absolute atomic E-state index is 12.1. The number of nitrogens with zero attached hydrogens (tertiary/aromatic N) is 1. The van der Waals surface area contributed by atoms with Crippen molar-refractivity contribution in [3.05, 3.63) is 71.3 Å². The van der Waals surface area contributed by atoms with E-state index in [1.54, 1.807) is 36.4 Å². The topological polar surface area (TPSA) is 85.6 Å². The molecule has 0 heterocycles. The minimum absolute atomic E-state index is 0.151. The molecule has 2 aromatic carbocycles. The second kappa shape index (κ2) is 11.1. The van der Waals surface area contributed by atoms with Crippen LogP contribution in [0.15, 0.2) is 60.2 Å². The van der Waals surface area contributed by atoms with Gasteiger partial charge in [-0.2, -0.15) is 5.26 Å². The molecule has 6 nitrogen and oxygen atoms in total. The third-order valence-corrected chi connectivity index (χ3v) is 3.68. The Kier molecular flexibility index (Phi) is 8.21. The molecule has 6 heteroatoms. The highest BCUT2D eigenvalue weighted by atomic mass is 16.5. The monoisotopic (exact) mass is 391 g/mol. The van der Waals surface area contributed by atoms with Gasteiger partial charge in [0.05, 0.1) is 13.7 Å². The zero-order valence-corrected chi connectivity index (χ0v) is 16.3. The minimum Gasteiger partial charge on any atom is -0.494 e. The standard InChI is InChI=1S/C23H21NO5/c1-3-13-28-20-10-7-17(8-11-20)9-12-22(25)29-21-6-4-5-18(15-21)14-19(16-24)23(26)27-2/h4-12,14-15H,3,13H2,1-2H3. The van der Waals surface area contributed by atoms with Gasteiger partial charge in [-0.05, 0) is 54.0 Å². The Morgan fingerprint density at radius 3 is 2.48 bits per heavy atom. The van der Waals surface area contributed by atoms with E-state index in [4.69, 9.17) is 14.7 Å². The lowest BCUT2D eigenvalue weighted by atomic mass is 10.1. The zero-order chi connectivity index (χ0) is 21.1. The molecule has 148 valence electrons. The van der Waals surface area contributed by atoms with Gasteiger partial charge in [0.1, 0.15) is 23.1 Å². The number of carbonyl (C=O) groups is 2. The first kappa shape index (κ1) is 21.5. The summed E-state index contributed by atoms with van der Waals surface area (Å²) in [6.45, 7) is 2.70. The molecule has 2 rings (SSSR count). The van der Waals surface area contributed by atoms with Crippen LogP contribution in [0.1, 0.15) is 24.5 Å². The van der Waals surface area contributed by atoms with Gasteiger partial charge in [0.15, 0.2) is 0 Å². The molecule has 0 saturated carbocycles. The Labute approximate surface area is 169 Å². The van der Waals surface area contributed by atoms with Crippen molar-refractivity contribution in [2.24, 2.45) is 0 Å². The van der Waals surface area contributed by atoms with Crippen LogP contribution in [0.2, 0.25) is 0 Å². The normalized spacial score (nSPS) is 11.0. The largest absolute Gasteiger partial charge is 0.494 e. The smallest absolute Gasteiger partial charge is 0.348 e. The molecule has 0 N–H and O–H groups in total. The molecule has 2 aromatic rings. The van der Waals surface area contributed by atoms with Crippen molar-refractivity contribution >= 4 is 24.1 Å². The molecule has 0 aliphatic heterocycles. The number of nitriles is 1. The molecule has 0 spiro atoms. The number of carbonyl (C=O) groups excluding carboxylic acids is 2. The lowest BCUT2D eigenvalue weighted by Gasteiger charge is -2.04. The van der Waals surface area contributed by atoms with Gasteiger partial charge in [-0.3, -0.25) is 0 Å². The van der Waals surface area contributed by atoms with Gasteiger partial charge in [-0.15, -0.1) is 0 Å². The van der Waals surface area contributed by atoms with Gasteiger partial charge >= 0.3 is 11.9 Å². The quantitative estimate of drug-likeness (QED) is 0.290. The maximum Gasteiger partial charge on any atom is 0.348 e. The molecule has 0 aromatic heterocycles. The average Bonchev–Trinajstić information content (AvgIpc) is 2.75. The van der Waals surface area contributed by atoms with E-state index in [-0.39, 0.29) is 5.57 Å². The van der Waals surface area contributed by atoms with Crippen molar-refractivity contribution in [3.8, 4) is 17.6 Å². The highest BCUT2D eigenvalue weighted by Crippen LogP contribution is 2.17. The Hall–Kier alpha value is -3.85. The summed E-state index contributed by atoms with van der Waals surface area (Å²) in [7, 11) is 1.20. The summed E-state index contributed by atoms with van der Waals surface area (Å²) in [5.74, 6) is -0.214. The van der Waals surface area contributed by atoms with Crippen molar-refractivity contribution in [2.75, 3.05) is 13.7 Å². The molecule has 0 bridgehead atoms. The summed E-state index contributed by atoms with van der Waals surface area (Å²) in [5.41, 5.74) is 1.21. The summed E-state index contributed by atoms with van der Waals surface area (Å²) in [4.78, 5) is 23.6. The van der Waals surface area contributed by atoms with Crippen molar-refractivity contribution in [3.63, 3.8) is 0 Å². The SMILES string of the molecule is CCCOc1ccc(C=CC(=O)Oc2cccc(C=C(C#N)C(=O)OC)c2)cc1. The minimum atomic E-state index is -0.732. The van der Waals surface area contributed by atoms with Crippen molar-refractivity contribution < 1.29 is 23.8 Å². The Bertz CT molecular complexity index is 952. The highest BCUT2D eigenvalue weighted by molar-refractivity contribution is 5.97. The third kappa shape index (κ3) is 7.00. The molecule has 0 aliphatic carbocycles. The number of hydrogen-bond acceptors (Lipinski definition) is 6. The third-order valence-electron chi connectivity index (χ3n) is 3.68. The molecule has 0 amide bonds. The molecule has 0 atom stereocenters. The second-order valence-electron chi connectivity index (χ2n) is 5.91. The number of hydrogen-bond donors (Lipinski definition) is 0. The zero-order valence-electron chi connectivity index (χ0n) is 16.3. The molecule has 0 fully saturated rings. The predicted molar refractivity (Wildman–Crippen MR) is 109 cm³/mol. The maximum atomic E-state index is 12.1. The first-order valence-electron chi connectivity index (χ1n) is 8.98. The number of benzene rings is 2. The van der Waals surface area contributed by atoms with E-state index in [9.17, 15) is 9.59 Å². The van der Waals surface area contributed by atoms with Gasteiger partial charge < -0.3 is 14.2 Å². The number of rotatable bonds is 8. The van der Waals surface area contributed by atoms with Gasteiger partial charge in [0.25, 0.3) is 0 Å². The van der Waals surface area contributed by atoms with E-state index in [0.29, 0.717) is 17.9 Å². The fourth-order valence-electron chi connectivity index (χ4n) is 2.29. The summed E-state index contributed by atoms with van der Waals surface area (Å²) in [5, 5.41) is 9.02. The van der Waals surface area contributed by atoms with Gasteiger partial charge in [-0.1, -0.05) is 31.2 Å². The van der Waals surface area contributed by atoms with Crippen molar-refractivity contribution in [2.45, 2.75) is 13.3 Å². The van der Waals surface area contributed by atoms with Crippen LogP contribution < -0.4 is 9.47 Å². The summed E-state index contributed by atoms with van der Waals surface area (Å²) in [6.07, 6.45) is 5.26. The fraction of sp³-hybridized carbons (Fsp3) is 0.174. The molecule has 0 radical (unpaired) electrons. The van der Waals surface area contributed by atoms with Crippen molar-refractivity contribution in [1.82, 2.24) is 0 Å². The first-order valence-corrected chi connectivity index (χ1v) is 8.98. The van der Waals surface area contributed by atoms with Crippen LogP contribution in [0, 0.1) is 11.3 Å². The Morgan fingerprint density at radius 1 is 1.07 bits per heavy atom. The lowest BCUT2D eigenvalue weighted by molar-refractivity contribution is -0.135. The van der Waals surface area contributed by atoms with E-state index >= 15 is 0 Å². The predicted octanol–water partition coefficient (Wildman–Crippen LogP) is 4.17. The van der Waals surface area contributed by atoms with Crippen molar-refractivity contribution in [1.29, 1.82) is 5.26 Å². The van der Waals surface area contributed by atoms with E-state index in [0.717, 1.165) is 17.7 Å². The fourth-order valence-corrected chi connectivity index (χ4v) is 2.29. The lowest BCUT2D eigenvalue weighted by Crippen LogP contribution is -2.04. The van der Waals surface area contributed by atoms with Crippen LogP contribution in [-0.4, -0.2) is 25.7 Å². The van der Waals surface area contributed by atoms with E-state index < -0.39 is 11.9 Å². The Balaban J connectivity index is 2.02. The number of esters is 2. The average molecular weight is 391 g/mol. The van der Waals surface area contributed by atoms with Gasteiger partial charge in [0, 0.05) is 6.08 Å². The molecule has 29 heavy (non-hydrogen) atoms. The van der Waals surface area contributed by atoms with Gasteiger partial charge in [-0.25, -0.2) is 9.59 Å². The molecule has 0 saturated heterocycles. The van der Waals surface area contributed by atoms with Crippen LogP contribution >= 0.6 is 0 Å². The summed E-state index contributed by atoms with van der Waals surface area (Å²) >= 11 is 0. The van der Waals surface area contributed by atoms with E-state index in [1.807, 2.05) is 31.2 Å². The van der Waals surface area contributed by atoms with Crippen LogP contribution in [0.4, 0.5) is 0 Å². The first-order chi connectivity index (χ1) is 14.0. The Morgan fingerprint density at radius 2 is 1.83 bits per heavy atom.